The average Bonchev–Trinajstić information content (AvgIpc) is 3.53. The van der Waals surface area contributed by atoms with Crippen LogP contribution in [0.2, 0.25) is 0 Å². The molecule has 0 radical (unpaired) electrons. The van der Waals surface area contributed by atoms with Gasteiger partial charge in [-0.2, -0.15) is 0 Å². The summed E-state index contributed by atoms with van der Waals surface area (Å²) in [6.07, 6.45) is 5.62. The third-order valence-corrected chi connectivity index (χ3v) is 5.10. The van der Waals surface area contributed by atoms with Gasteiger partial charge in [-0.1, -0.05) is 12.1 Å². The molecule has 1 aromatic carbocycles. The molecule has 2 aliphatic carbocycles. The Kier molecular flexibility index (Phi) is 8.18. The van der Waals surface area contributed by atoms with Gasteiger partial charge in [0, 0.05) is 13.1 Å². The first-order chi connectivity index (χ1) is 12.2. The first-order valence-electron chi connectivity index (χ1n) is 9.40. The van der Waals surface area contributed by atoms with Gasteiger partial charge >= 0.3 is 5.97 Å². The molecule has 0 aliphatic heterocycles. The van der Waals surface area contributed by atoms with E-state index < -0.39 is 0 Å². The summed E-state index contributed by atoms with van der Waals surface area (Å²) >= 11 is 0. The number of carbonyl (C=O) groups excluding carboxylic acids is 1. The van der Waals surface area contributed by atoms with E-state index in [4.69, 9.17) is 4.74 Å². The monoisotopic (exact) mass is 471 g/mol. The summed E-state index contributed by atoms with van der Waals surface area (Å²) in [5, 5.41) is 6.87. The fraction of sp³-hybridized carbons (Fsp3) is 0.600. The van der Waals surface area contributed by atoms with E-state index >= 15 is 0 Å². The zero-order chi connectivity index (χ0) is 17.6. The van der Waals surface area contributed by atoms with E-state index in [-0.39, 0.29) is 29.9 Å². The lowest BCUT2D eigenvalue weighted by molar-refractivity contribution is 0.0600. The molecule has 0 atom stereocenters. The van der Waals surface area contributed by atoms with Crippen molar-refractivity contribution in [3.05, 3.63) is 35.4 Å². The van der Waals surface area contributed by atoms with Crippen molar-refractivity contribution in [3.8, 4) is 0 Å². The number of nitrogens with one attached hydrogen (secondary N) is 2. The maximum Gasteiger partial charge on any atom is 0.337 e. The quantitative estimate of drug-likeness (QED) is 0.263. The number of guanidine groups is 1. The van der Waals surface area contributed by atoms with Gasteiger partial charge in [0.15, 0.2) is 5.96 Å². The zero-order valence-electron chi connectivity index (χ0n) is 15.7. The Morgan fingerprint density at radius 1 is 1.15 bits per heavy atom. The molecule has 2 fully saturated rings. The SMILES string of the molecule is CCNC(=NCc1ccc(C(=O)OC)cc1)NCC(C1CC1)C1CC1.I. The van der Waals surface area contributed by atoms with Crippen molar-refractivity contribution in [2.24, 2.45) is 22.7 Å². The third kappa shape index (κ3) is 6.14. The number of benzene rings is 1. The molecule has 26 heavy (non-hydrogen) atoms. The van der Waals surface area contributed by atoms with Crippen LogP contribution >= 0.6 is 24.0 Å². The molecule has 6 heteroatoms. The predicted molar refractivity (Wildman–Crippen MR) is 115 cm³/mol. The molecule has 2 aliphatic rings. The molecule has 1 aromatic rings. The third-order valence-electron chi connectivity index (χ3n) is 5.10. The van der Waals surface area contributed by atoms with Gasteiger partial charge in [-0.25, -0.2) is 9.79 Å². The first kappa shape index (κ1) is 21.0. The Balaban J connectivity index is 0.00000243. The normalized spacial score (nSPS) is 16.8. The molecule has 0 aromatic heterocycles. The second kappa shape index (κ2) is 10.1. The molecule has 0 unspecified atom stereocenters. The van der Waals surface area contributed by atoms with Crippen LogP contribution in [-0.4, -0.2) is 32.1 Å². The second-order valence-corrected chi connectivity index (χ2v) is 7.10. The van der Waals surface area contributed by atoms with Crippen molar-refractivity contribution in [3.63, 3.8) is 0 Å². The van der Waals surface area contributed by atoms with Gasteiger partial charge < -0.3 is 15.4 Å². The first-order valence-corrected chi connectivity index (χ1v) is 9.40. The van der Waals surface area contributed by atoms with E-state index in [1.807, 2.05) is 12.1 Å². The van der Waals surface area contributed by atoms with E-state index in [9.17, 15) is 4.79 Å². The minimum absolute atomic E-state index is 0. The summed E-state index contributed by atoms with van der Waals surface area (Å²) in [5.41, 5.74) is 1.64. The molecule has 0 heterocycles. The van der Waals surface area contributed by atoms with E-state index in [1.54, 1.807) is 12.1 Å². The lowest BCUT2D eigenvalue weighted by Gasteiger charge is -2.18. The van der Waals surface area contributed by atoms with Crippen LogP contribution in [0.15, 0.2) is 29.3 Å². The molecule has 3 rings (SSSR count). The highest BCUT2D eigenvalue weighted by atomic mass is 127. The summed E-state index contributed by atoms with van der Waals surface area (Å²) in [7, 11) is 1.39. The molecular formula is C20H30IN3O2. The minimum atomic E-state index is -0.309. The van der Waals surface area contributed by atoms with Crippen molar-refractivity contribution in [2.45, 2.75) is 39.2 Å². The van der Waals surface area contributed by atoms with Crippen molar-refractivity contribution in [1.29, 1.82) is 0 Å². The predicted octanol–water partition coefficient (Wildman–Crippen LogP) is 3.58. The number of esters is 1. The summed E-state index contributed by atoms with van der Waals surface area (Å²) in [4.78, 5) is 16.2. The molecule has 2 N–H and O–H groups in total. The van der Waals surface area contributed by atoms with Gasteiger partial charge in [0.2, 0.25) is 0 Å². The van der Waals surface area contributed by atoms with Crippen LogP contribution in [0, 0.1) is 17.8 Å². The minimum Gasteiger partial charge on any atom is -0.465 e. The number of ether oxygens (including phenoxy) is 1. The Bertz CT molecular complexity index is 598. The fourth-order valence-electron chi connectivity index (χ4n) is 3.36. The van der Waals surface area contributed by atoms with Gasteiger partial charge in [0.1, 0.15) is 0 Å². The highest BCUT2D eigenvalue weighted by Gasteiger charge is 2.41. The number of hydrogen-bond donors (Lipinski definition) is 2. The second-order valence-electron chi connectivity index (χ2n) is 7.10. The summed E-state index contributed by atoms with van der Waals surface area (Å²) in [6, 6.07) is 7.42. The molecule has 0 spiro atoms. The van der Waals surface area contributed by atoms with Crippen molar-refractivity contribution in [2.75, 3.05) is 20.2 Å². The lowest BCUT2D eigenvalue weighted by Crippen LogP contribution is -2.40. The topological polar surface area (TPSA) is 62.7 Å². The average molecular weight is 471 g/mol. The van der Waals surface area contributed by atoms with E-state index in [2.05, 4.69) is 22.5 Å². The zero-order valence-corrected chi connectivity index (χ0v) is 18.0. The van der Waals surface area contributed by atoms with Gasteiger partial charge in [0.25, 0.3) is 0 Å². The number of hydrogen-bond acceptors (Lipinski definition) is 3. The molecular weight excluding hydrogens is 441 g/mol. The maximum absolute atomic E-state index is 11.5. The van der Waals surface area contributed by atoms with Gasteiger partial charge in [-0.15, -0.1) is 24.0 Å². The molecule has 0 bridgehead atoms. The number of nitrogens with zero attached hydrogens (tertiary/aromatic N) is 1. The summed E-state index contributed by atoms with van der Waals surface area (Å²) < 4.78 is 4.72. The van der Waals surface area contributed by atoms with Gasteiger partial charge in [-0.3, -0.25) is 0 Å². The van der Waals surface area contributed by atoms with Crippen LogP contribution < -0.4 is 10.6 Å². The molecule has 2 saturated carbocycles. The van der Waals surface area contributed by atoms with Crippen LogP contribution in [0.5, 0.6) is 0 Å². The van der Waals surface area contributed by atoms with E-state index in [1.165, 1.54) is 32.8 Å². The number of rotatable bonds is 8. The fourth-order valence-corrected chi connectivity index (χ4v) is 3.36. The lowest BCUT2D eigenvalue weighted by atomic mass is 9.98. The van der Waals surface area contributed by atoms with Crippen LogP contribution in [0.1, 0.15) is 48.5 Å². The Morgan fingerprint density at radius 3 is 2.27 bits per heavy atom. The number of methoxy groups -OCH3 is 1. The van der Waals surface area contributed by atoms with E-state index in [0.717, 1.165) is 42.4 Å². The van der Waals surface area contributed by atoms with E-state index in [0.29, 0.717) is 12.1 Å². The van der Waals surface area contributed by atoms with Crippen LogP contribution in [0.25, 0.3) is 0 Å². The van der Waals surface area contributed by atoms with Gasteiger partial charge in [0.05, 0.1) is 19.2 Å². The molecule has 0 amide bonds. The highest BCUT2D eigenvalue weighted by molar-refractivity contribution is 14.0. The molecule has 144 valence electrons. The Morgan fingerprint density at radius 2 is 1.77 bits per heavy atom. The number of aliphatic imine (C=N–C) groups is 1. The molecule has 0 saturated heterocycles. The Labute approximate surface area is 173 Å². The standard InChI is InChI=1S/C20H29N3O2.HI/c1-3-21-20(23-13-18(15-8-9-15)16-10-11-16)22-12-14-4-6-17(7-5-14)19(24)25-2;/h4-7,15-16,18H,3,8-13H2,1-2H3,(H2,21,22,23);1H. The maximum atomic E-state index is 11.5. The molecule has 5 nitrogen and oxygen atoms in total. The van der Waals surface area contributed by atoms with Crippen molar-refractivity contribution in [1.82, 2.24) is 10.6 Å². The summed E-state index contributed by atoms with van der Waals surface area (Å²) in [5.74, 6) is 3.27. The number of halogens is 1. The van der Waals surface area contributed by atoms with Crippen molar-refractivity contribution < 1.29 is 9.53 Å². The Hall–Kier alpha value is -1.31. The smallest absolute Gasteiger partial charge is 0.337 e. The van der Waals surface area contributed by atoms with Crippen LogP contribution in [0.4, 0.5) is 0 Å². The largest absolute Gasteiger partial charge is 0.465 e. The highest BCUT2D eigenvalue weighted by Crippen LogP contribution is 2.48. The summed E-state index contributed by atoms with van der Waals surface area (Å²) in [6.45, 7) is 4.56. The van der Waals surface area contributed by atoms with Crippen molar-refractivity contribution >= 4 is 35.9 Å². The van der Waals surface area contributed by atoms with Gasteiger partial charge in [-0.05, 0) is 68.1 Å². The van der Waals surface area contributed by atoms with Crippen LogP contribution in [-0.2, 0) is 11.3 Å². The number of carbonyl (C=O) groups is 1. The van der Waals surface area contributed by atoms with Crippen LogP contribution in [0.3, 0.4) is 0 Å².